The summed E-state index contributed by atoms with van der Waals surface area (Å²) in [5.41, 5.74) is 1.22. The maximum absolute atomic E-state index is 12.5. The zero-order chi connectivity index (χ0) is 17.7. The quantitative estimate of drug-likeness (QED) is 0.739. The van der Waals surface area contributed by atoms with Gasteiger partial charge in [0.1, 0.15) is 10.0 Å². The molecule has 3 rings (SSSR count). The van der Waals surface area contributed by atoms with Crippen LogP contribution in [0.1, 0.15) is 54.1 Å². The predicted molar refractivity (Wildman–Crippen MR) is 101 cm³/mol. The van der Waals surface area contributed by atoms with Crippen LogP contribution in [0.4, 0.5) is 0 Å². The van der Waals surface area contributed by atoms with Crippen LogP contribution in [0.15, 0.2) is 30.3 Å². The van der Waals surface area contributed by atoms with Gasteiger partial charge < -0.3 is 0 Å². The van der Waals surface area contributed by atoms with Crippen molar-refractivity contribution in [1.29, 1.82) is 0 Å². The molecule has 1 aliphatic heterocycles. The van der Waals surface area contributed by atoms with Gasteiger partial charge in [-0.2, -0.15) is 0 Å². The molecule has 1 aliphatic rings. The second-order valence-electron chi connectivity index (χ2n) is 6.56. The highest BCUT2D eigenvalue weighted by Gasteiger charge is 2.30. The molecule has 136 valence electrons. The summed E-state index contributed by atoms with van der Waals surface area (Å²) in [7, 11) is -3.14. The number of unbranched alkanes of at least 4 members (excludes halogenated alkanes) is 1. The Morgan fingerprint density at radius 2 is 2.04 bits per heavy atom. The van der Waals surface area contributed by atoms with Gasteiger partial charge in [-0.3, -0.25) is 0 Å². The first-order valence-electron chi connectivity index (χ1n) is 8.92. The second-order valence-corrected chi connectivity index (χ2v) is 9.75. The summed E-state index contributed by atoms with van der Waals surface area (Å²) in [6.07, 6.45) is 4.28. The number of piperidine rings is 1. The van der Waals surface area contributed by atoms with Gasteiger partial charge in [0, 0.05) is 25.4 Å². The Kier molecular flexibility index (Phi) is 6.19. The Bertz CT molecular complexity index is 775. The molecule has 7 heteroatoms. The summed E-state index contributed by atoms with van der Waals surface area (Å²) >= 11 is 1.62. The van der Waals surface area contributed by atoms with Crippen LogP contribution in [0.25, 0.3) is 0 Å². The summed E-state index contributed by atoms with van der Waals surface area (Å²) in [4.78, 5) is 0. The van der Waals surface area contributed by atoms with E-state index in [1.54, 1.807) is 15.6 Å². The Hall–Kier alpha value is -1.31. The number of sulfonamides is 1. The van der Waals surface area contributed by atoms with Crippen LogP contribution in [-0.2, 0) is 16.4 Å². The molecule has 1 saturated heterocycles. The number of benzene rings is 1. The minimum Gasteiger partial charge on any atom is -0.212 e. The fraction of sp³-hybridized carbons (Fsp3) is 0.556. The van der Waals surface area contributed by atoms with Crippen molar-refractivity contribution in [2.24, 2.45) is 0 Å². The Balaban J connectivity index is 1.66. The Morgan fingerprint density at radius 1 is 1.24 bits per heavy atom. The smallest absolute Gasteiger partial charge is 0.212 e. The van der Waals surface area contributed by atoms with Gasteiger partial charge in [0.05, 0.1) is 5.75 Å². The van der Waals surface area contributed by atoms with E-state index in [0.717, 1.165) is 42.1 Å². The van der Waals surface area contributed by atoms with Gasteiger partial charge in [-0.25, -0.2) is 12.7 Å². The monoisotopic (exact) mass is 379 g/mol. The van der Waals surface area contributed by atoms with Crippen molar-refractivity contribution in [3.63, 3.8) is 0 Å². The highest BCUT2D eigenvalue weighted by molar-refractivity contribution is 7.89. The van der Waals surface area contributed by atoms with Gasteiger partial charge in [-0.1, -0.05) is 43.7 Å². The summed E-state index contributed by atoms with van der Waals surface area (Å²) in [6.45, 7) is 3.20. The molecule has 0 amide bonds. The van der Waals surface area contributed by atoms with Crippen LogP contribution in [0.2, 0.25) is 0 Å². The summed E-state index contributed by atoms with van der Waals surface area (Å²) in [6, 6.07) is 10.2. The Morgan fingerprint density at radius 3 is 2.80 bits per heavy atom. The number of hydrogen-bond donors (Lipinski definition) is 0. The van der Waals surface area contributed by atoms with Crippen molar-refractivity contribution in [3.8, 4) is 0 Å². The average Bonchev–Trinajstić information content (AvgIpc) is 3.09. The van der Waals surface area contributed by atoms with Crippen molar-refractivity contribution in [2.75, 3.05) is 18.8 Å². The van der Waals surface area contributed by atoms with E-state index >= 15 is 0 Å². The zero-order valence-corrected chi connectivity index (χ0v) is 16.2. The van der Waals surface area contributed by atoms with Crippen LogP contribution < -0.4 is 0 Å². The SMILES string of the molecule is CCCCS(=O)(=O)N1CCCC(c2nnc(Cc3ccccc3)s2)C1. The molecule has 0 radical (unpaired) electrons. The highest BCUT2D eigenvalue weighted by atomic mass is 32.2. The molecule has 1 unspecified atom stereocenters. The lowest BCUT2D eigenvalue weighted by Gasteiger charge is -2.30. The molecule has 1 fully saturated rings. The highest BCUT2D eigenvalue weighted by Crippen LogP contribution is 2.31. The van der Waals surface area contributed by atoms with Gasteiger partial charge in [0.2, 0.25) is 10.0 Å². The average molecular weight is 380 g/mol. The maximum Gasteiger partial charge on any atom is 0.214 e. The molecule has 1 aromatic heterocycles. The first-order valence-corrected chi connectivity index (χ1v) is 11.3. The lowest BCUT2D eigenvalue weighted by molar-refractivity contribution is 0.314. The molecule has 0 bridgehead atoms. The normalized spacial score (nSPS) is 19.2. The third-order valence-corrected chi connectivity index (χ3v) is 7.57. The molecule has 2 heterocycles. The molecule has 0 spiro atoms. The summed E-state index contributed by atoms with van der Waals surface area (Å²) in [5.74, 6) is 0.429. The molecule has 5 nitrogen and oxygen atoms in total. The lowest BCUT2D eigenvalue weighted by Crippen LogP contribution is -2.40. The summed E-state index contributed by atoms with van der Waals surface area (Å²) < 4.78 is 26.6. The third kappa shape index (κ3) is 4.86. The molecular weight excluding hydrogens is 354 g/mol. The molecule has 25 heavy (non-hydrogen) atoms. The largest absolute Gasteiger partial charge is 0.214 e. The number of nitrogens with zero attached hydrogens (tertiary/aromatic N) is 3. The molecule has 0 N–H and O–H groups in total. The maximum atomic E-state index is 12.5. The standard InChI is InChI=1S/C18H25N3O2S2/c1-2-3-12-25(22,23)21-11-7-10-16(14-21)18-20-19-17(24-18)13-15-8-5-4-6-9-15/h4-6,8-9,16H,2-3,7,10-14H2,1H3. The second kappa shape index (κ2) is 8.38. The van der Waals surface area contributed by atoms with Crippen LogP contribution >= 0.6 is 11.3 Å². The van der Waals surface area contributed by atoms with Gasteiger partial charge in [0.25, 0.3) is 0 Å². The van der Waals surface area contributed by atoms with Gasteiger partial charge in [-0.15, -0.1) is 21.5 Å². The van der Waals surface area contributed by atoms with Gasteiger partial charge in [0.15, 0.2) is 0 Å². The minimum atomic E-state index is -3.14. The van der Waals surface area contributed by atoms with Crippen LogP contribution in [0.5, 0.6) is 0 Å². The number of rotatable bonds is 7. The van der Waals surface area contributed by atoms with Gasteiger partial charge >= 0.3 is 0 Å². The van der Waals surface area contributed by atoms with E-state index < -0.39 is 10.0 Å². The van der Waals surface area contributed by atoms with E-state index in [1.165, 1.54) is 5.56 Å². The molecule has 0 saturated carbocycles. The minimum absolute atomic E-state index is 0.173. The van der Waals surface area contributed by atoms with Crippen LogP contribution in [0.3, 0.4) is 0 Å². The zero-order valence-electron chi connectivity index (χ0n) is 14.6. The first-order chi connectivity index (χ1) is 12.1. The van der Waals surface area contributed by atoms with E-state index in [1.807, 2.05) is 25.1 Å². The third-order valence-electron chi connectivity index (χ3n) is 4.56. The Labute approximate surface area is 154 Å². The molecule has 2 aromatic rings. The van der Waals surface area contributed by atoms with Crippen molar-refractivity contribution in [2.45, 2.75) is 44.9 Å². The predicted octanol–water partition coefficient (Wildman–Crippen LogP) is 3.44. The fourth-order valence-electron chi connectivity index (χ4n) is 3.13. The summed E-state index contributed by atoms with van der Waals surface area (Å²) in [5, 5.41) is 10.7. The van der Waals surface area contributed by atoms with Crippen molar-refractivity contribution >= 4 is 21.4 Å². The van der Waals surface area contributed by atoms with Crippen molar-refractivity contribution in [3.05, 3.63) is 45.9 Å². The number of hydrogen-bond acceptors (Lipinski definition) is 5. The van der Waals surface area contributed by atoms with Crippen LogP contribution in [-0.4, -0.2) is 41.8 Å². The van der Waals surface area contributed by atoms with E-state index in [9.17, 15) is 8.42 Å². The van der Waals surface area contributed by atoms with E-state index in [4.69, 9.17) is 0 Å². The molecule has 1 aromatic carbocycles. The molecule has 0 aliphatic carbocycles. The van der Waals surface area contributed by atoms with E-state index in [0.29, 0.717) is 13.1 Å². The molecular formula is C18H25N3O2S2. The van der Waals surface area contributed by atoms with Crippen molar-refractivity contribution in [1.82, 2.24) is 14.5 Å². The van der Waals surface area contributed by atoms with E-state index in [2.05, 4.69) is 22.3 Å². The number of aromatic nitrogens is 2. The fourth-order valence-corrected chi connectivity index (χ4v) is 5.85. The lowest BCUT2D eigenvalue weighted by atomic mass is 10.0. The van der Waals surface area contributed by atoms with Crippen LogP contribution in [0, 0.1) is 0 Å². The van der Waals surface area contributed by atoms with Gasteiger partial charge in [-0.05, 0) is 24.8 Å². The topological polar surface area (TPSA) is 63.2 Å². The van der Waals surface area contributed by atoms with Crippen molar-refractivity contribution < 1.29 is 8.42 Å². The molecule has 1 atom stereocenters. The first kappa shape index (κ1) is 18.5. The van der Waals surface area contributed by atoms with E-state index in [-0.39, 0.29) is 11.7 Å².